The third-order valence-corrected chi connectivity index (χ3v) is 6.02. The Hall–Kier alpha value is -1.10. The van der Waals surface area contributed by atoms with Crippen molar-refractivity contribution in [2.75, 3.05) is 26.2 Å². The fourth-order valence-corrected chi connectivity index (χ4v) is 4.60. The van der Waals surface area contributed by atoms with Crippen molar-refractivity contribution >= 4 is 17.6 Å². The second-order valence-electron chi connectivity index (χ2n) is 7.26. The van der Waals surface area contributed by atoms with Crippen molar-refractivity contribution in [3.8, 4) is 0 Å². The molecule has 0 radical (unpaired) electrons. The minimum absolute atomic E-state index is 0.0897. The van der Waals surface area contributed by atoms with Gasteiger partial charge in [-0.2, -0.15) is 0 Å². The largest absolute Gasteiger partial charge is 0.480 e. The van der Waals surface area contributed by atoms with Gasteiger partial charge in [-0.25, -0.2) is 0 Å². The van der Waals surface area contributed by atoms with Crippen LogP contribution in [0.15, 0.2) is 24.3 Å². The molecule has 0 spiro atoms. The van der Waals surface area contributed by atoms with Crippen molar-refractivity contribution in [1.29, 1.82) is 0 Å². The summed E-state index contributed by atoms with van der Waals surface area (Å²) >= 11 is 6.10. The van der Waals surface area contributed by atoms with Crippen LogP contribution in [0.5, 0.6) is 0 Å². The molecule has 2 fully saturated rings. The quantitative estimate of drug-likeness (QED) is 0.901. The van der Waals surface area contributed by atoms with Crippen LogP contribution in [0.25, 0.3) is 0 Å². The number of carbonyl (C=O) groups is 1. The van der Waals surface area contributed by atoms with E-state index >= 15 is 0 Å². The fourth-order valence-electron chi connectivity index (χ4n) is 4.48. The number of carboxylic acids is 1. The molecule has 4 nitrogen and oxygen atoms in total. The van der Waals surface area contributed by atoms with Crippen molar-refractivity contribution in [1.82, 2.24) is 9.80 Å². The summed E-state index contributed by atoms with van der Waals surface area (Å²) in [5.41, 5.74) is 1.46. The molecule has 132 valence electrons. The molecule has 1 aliphatic heterocycles. The number of piperazine rings is 1. The van der Waals surface area contributed by atoms with Crippen LogP contribution in [0, 0.1) is 0 Å². The Morgan fingerprint density at radius 3 is 2.46 bits per heavy atom. The SMILES string of the molecule is C[C@@H]1CN(C2(c3ccc(Cl)cc3)CCCCC2)CCN1CC(=O)O. The number of hydrogen-bond acceptors (Lipinski definition) is 3. The van der Waals surface area contributed by atoms with E-state index in [1.807, 2.05) is 12.1 Å². The van der Waals surface area contributed by atoms with Gasteiger partial charge in [-0.05, 0) is 37.5 Å². The van der Waals surface area contributed by atoms with E-state index in [1.54, 1.807) is 0 Å². The molecule has 24 heavy (non-hydrogen) atoms. The maximum absolute atomic E-state index is 11.0. The van der Waals surface area contributed by atoms with E-state index in [0.29, 0.717) is 0 Å². The molecule has 1 saturated carbocycles. The second-order valence-corrected chi connectivity index (χ2v) is 7.69. The van der Waals surface area contributed by atoms with Crippen LogP contribution in [-0.4, -0.2) is 53.1 Å². The molecular weight excluding hydrogens is 324 g/mol. The average Bonchev–Trinajstić information content (AvgIpc) is 2.57. The average molecular weight is 351 g/mol. The first-order valence-electron chi connectivity index (χ1n) is 8.98. The molecule has 0 unspecified atom stereocenters. The van der Waals surface area contributed by atoms with Crippen LogP contribution in [0.3, 0.4) is 0 Å². The molecule has 5 heteroatoms. The topological polar surface area (TPSA) is 43.8 Å². The van der Waals surface area contributed by atoms with Gasteiger partial charge in [0.2, 0.25) is 0 Å². The molecule has 1 saturated heterocycles. The first-order valence-corrected chi connectivity index (χ1v) is 9.36. The van der Waals surface area contributed by atoms with Gasteiger partial charge >= 0.3 is 5.97 Å². The van der Waals surface area contributed by atoms with Crippen molar-refractivity contribution < 1.29 is 9.90 Å². The summed E-state index contributed by atoms with van der Waals surface area (Å²) in [6.07, 6.45) is 6.18. The standard InChI is InChI=1S/C19H27ClN2O2/c1-15-13-22(12-11-21(15)14-18(23)24)19(9-3-2-4-10-19)16-5-7-17(20)8-6-16/h5-8,15H,2-4,9-14H2,1H3,(H,23,24)/t15-/m1/s1. The molecule has 0 amide bonds. The lowest BCUT2D eigenvalue weighted by atomic mass is 9.74. The van der Waals surface area contributed by atoms with Gasteiger partial charge in [-0.3, -0.25) is 14.6 Å². The van der Waals surface area contributed by atoms with Crippen LogP contribution in [0.4, 0.5) is 0 Å². The Labute approximate surface area is 149 Å². The normalized spacial score (nSPS) is 25.5. The highest BCUT2D eigenvalue weighted by Gasteiger charge is 2.42. The monoisotopic (exact) mass is 350 g/mol. The van der Waals surface area contributed by atoms with Gasteiger partial charge in [0, 0.05) is 36.2 Å². The van der Waals surface area contributed by atoms with Crippen LogP contribution >= 0.6 is 11.6 Å². The minimum atomic E-state index is -0.736. The van der Waals surface area contributed by atoms with E-state index in [-0.39, 0.29) is 18.1 Å². The highest BCUT2D eigenvalue weighted by Crippen LogP contribution is 2.43. The van der Waals surface area contributed by atoms with Crippen molar-refractivity contribution in [2.45, 2.75) is 50.6 Å². The van der Waals surface area contributed by atoms with E-state index in [0.717, 1.165) is 24.7 Å². The molecular formula is C19H27ClN2O2. The predicted molar refractivity (Wildman–Crippen MR) is 96.5 cm³/mol. The zero-order valence-electron chi connectivity index (χ0n) is 14.4. The van der Waals surface area contributed by atoms with E-state index < -0.39 is 5.97 Å². The number of carboxylic acid groups (broad SMARTS) is 1. The summed E-state index contributed by atoms with van der Waals surface area (Å²) in [5, 5.41) is 9.87. The number of nitrogens with zero attached hydrogens (tertiary/aromatic N) is 2. The minimum Gasteiger partial charge on any atom is -0.480 e. The second kappa shape index (κ2) is 7.42. The molecule has 1 N–H and O–H groups in total. The van der Waals surface area contributed by atoms with E-state index in [4.69, 9.17) is 16.7 Å². The molecule has 1 atom stereocenters. The molecule has 0 aromatic heterocycles. The molecule has 1 heterocycles. The molecule has 0 bridgehead atoms. The van der Waals surface area contributed by atoms with Crippen molar-refractivity contribution in [3.05, 3.63) is 34.9 Å². The fraction of sp³-hybridized carbons (Fsp3) is 0.632. The predicted octanol–water partition coefficient (Wildman–Crippen LogP) is 3.59. The highest BCUT2D eigenvalue weighted by atomic mass is 35.5. The van der Waals surface area contributed by atoms with E-state index in [1.165, 1.54) is 37.7 Å². The van der Waals surface area contributed by atoms with Gasteiger partial charge in [0.25, 0.3) is 0 Å². The lowest BCUT2D eigenvalue weighted by molar-refractivity contribution is -0.140. The summed E-state index contributed by atoms with van der Waals surface area (Å²) in [6, 6.07) is 8.62. The first kappa shape index (κ1) is 17.7. The third-order valence-electron chi connectivity index (χ3n) is 5.77. The zero-order valence-corrected chi connectivity index (χ0v) is 15.1. The summed E-state index contributed by atoms with van der Waals surface area (Å²) in [7, 11) is 0. The van der Waals surface area contributed by atoms with Crippen LogP contribution in [-0.2, 0) is 10.3 Å². The summed E-state index contributed by atoms with van der Waals surface area (Å²) in [6.45, 7) is 4.97. The number of halogens is 1. The van der Waals surface area contributed by atoms with Crippen molar-refractivity contribution in [3.63, 3.8) is 0 Å². The van der Waals surface area contributed by atoms with E-state index in [9.17, 15) is 4.79 Å². The molecule has 1 aromatic carbocycles. The Morgan fingerprint density at radius 1 is 1.21 bits per heavy atom. The lowest BCUT2D eigenvalue weighted by Crippen LogP contribution is -2.59. The van der Waals surface area contributed by atoms with Crippen LogP contribution in [0.2, 0.25) is 5.02 Å². The smallest absolute Gasteiger partial charge is 0.317 e. The maximum atomic E-state index is 11.0. The van der Waals surface area contributed by atoms with Gasteiger partial charge in [-0.15, -0.1) is 0 Å². The summed E-state index contributed by atoms with van der Waals surface area (Å²) in [5.74, 6) is -0.736. The Morgan fingerprint density at radius 2 is 1.88 bits per heavy atom. The Kier molecular flexibility index (Phi) is 5.48. The van der Waals surface area contributed by atoms with Gasteiger partial charge in [0.05, 0.1) is 6.54 Å². The molecule has 1 aliphatic carbocycles. The van der Waals surface area contributed by atoms with Gasteiger partial charge in [0.1, 0.15) is 0 Å². The summed E-state index contributed by atoms with van der Waals surface area (Å²) in [4.78, 5) is 15.7. The van der Waals surface area contributed by atoms with Gasteiger partial charge in [0.15, 0.2) is 0 Å². The third kappa shape index (κ3) is 3.61. The van der Waals surface area contributed by atoms with E-state index in [2.05, 4.69) is 28.9 Å². The van der Waals surface area contributed by atoms with Gasteiger partial charge < -0.3 is 5.11 Å². The zero-order chi connectivity index (χ0) is 17.2. The number of rotatable bonds is 4. The lowest BCUT2D eigenvalue weighted by Gasteiger charge is -2.52. The van der Waals surface area contributed by atoms with Crippen LogP contribution < -0.4 is 0 Å². The van der Waals surface area contributed by atoms with Crippen LogP contribution in [0.1, 0.15) is 44.6 Å². The first-order chi connectivity index (χ1) is 11.5. The number of hydrogen-bond donors (Lipinski definition) is 1. The summed E-state index contributed by atoms with van der Waals surface area (Å²) < 4.78 is 0. The number of benzene rings is 1. The highest BCUT2D eigenvalue weighted by molar-refractivity contribution is 6.30. The number of aliphatic carboxylic acids is 1. The van der Waals surface area contributed by atoms with Gasteiger partial charge in [-0.1, -0.05) is 43.0 Å². The Balaban J connectivity index is 1.82. The van der Waals surface area contributed by atoms with Crippen molar-refractivity contribution in [2.24, 2.45) is 0 Å². The molecule has 1 aromatic rings. The molecule has 2 aliphatic rings. The molecule has 3 rings (SSSR count). The Bertz CT molecular complexity index is 569. The maximum Gasteiger partial charge on any atom is 0.317 e.